The molecule has 0 aromatic carbocycles. The molecule has 6 heteroatoms. The minimum absolute atomic E-state index is 0.0800. The van der Waals surface area contributed by atoms with Crippen LogP contribution in [0.25, 0.3) is 0 Å². The number of aromatic nitrogens is 2. The SMILES string of the molecule is Cc1cc(C)n(CC(=O)NC2CCCN(C3CCN(C)CC3)C2)n1. The highest BCUT2D eigenvalue weighted by molar-refractivity contribution is 5.76. The van der Waals surface area contributed by atoms with Gasteiger partial charge in [0.05, 0.1) is 5.69 Å². The largest absolute Gasteiger partial charge is 0.350 e. The van der Waals surface area contributed by atoms with Crippen molar-refractivity contribution in [1.82, 2.24) is 24.9 Å². The fourth-order valence-corrected chi connectivity index (χ4v) is 4.06. The van der Waals surface area contributed by atoms with Gasteiger partial charge >= 0.3 is 0 Å². The first-order valence-corrected chi connectivity index (χ1v) is 9.24. The van der Waals surface area contributed by atoms with E-state index in [0.29, 0.717) is 12.6 Å². The number of hydrogen-bond acceptors (Lipinski definition) is 4. The number of hydrogen-bond donors (Lipinski definition) is 1. The number of nitrogens with one attached hydrogen (secondary N) is 1. The normalized spacial score (nSPS) is 24.2. The second-order valence-electron chi connectivity index (χ2n) is 7.52. The van der Waals surface area contributed by atoms with Crippen molar-refractivity contribution in [3.63, 3.8) is 0 Å². The van der Waals surface area contributed by atoms with E-state index in [9.17, 15) is 4.79 Å². The highest BCUT2D eigenvalue weighted by atomic mass is 16.2. The summed E-state index contributed by atoms with van der Waals surface area (Å²) in [5, 5.41) is 7.61. The van der Waals surface area contributed by atoms with Crippen molar-refractivity contribution in [2.45, 2.75) is 58.2 Å². The van der Waals surface area contributed by atoms with Gasteiger partial charge in [0, 0.05) is 24.3 Å². The minimum atomic E-state index is 0.0800. The summed E-state index contributed by atoms with van der Waals surface area (Å²) in [4.78, 5) is 17.4. The third-order valence-electron chi connectivity index (χ3n) is 5.42. The van der Waals surface area contributed by atoms with Gasteiger partial charge in [0.25, 0.3) is 0 Å². The van der Waals surface area contributed by atoms with E-state index in [2.05, 4.69) is 27.3 Å². The molecule has 1 aromatic heterocycles. The van der Waals surface area contributed by atoms with Crippen LogP contribution < -0.4 is 5.32 Å². The van der Waals surface area contributed by atoms with Crippen molar-refractivity contribution < 1.29 is 4.79 Å². The summed E-state index contributed by atoms with van der Waals surface area (Å²) in [7, 11) is 2.20. The quantitative estimate of drug-likeness (QED) is 0.899. The molecule has 1 unspecified atom stereocenters. The van der Waals surface area contributed by atoms with Crippen LogP contribution in [0.5, 0.6) is 0 Å². The predicted molar refractivity (Wildman–Crippen MR) is 95.0 cm³/mol. The molecule has 2 aliphatic rings. The Labute approximate surface area is 145 Å². The molecule has 0 spiro atoms. The molecular formula is C18H31N5O. The van der Waals surface area contributed by atoms with Crippen molar-refractivity contribution in [3.8, 4) is 0 Å². The van der Waals surface area contributed by atoms with Gasteiger partial charge in [-0.05, 0) is 72.3 Å². The van der Waals surface area contributed by atoms with E-state index in [-0.39, 0.29) is 11.9 Å². The molecule has 134 valence electrons. The zero-order valence-electron chi connectivity index (χ0n) is 15.3. The maximum atomic E-state index is 12.4. The Morgan fingerprint density at radius 1 is 1.25 bits per heavy atom. The van der Waals surface area contributed by atoms with Gasteiger partial charge in [-0.15, -0.1) is 0 Å². The van der Waals surface area contributed by atoms with E-state index in [1.165, 1.54) is 38.9 Å². The lowest BCUT2D eigenvalue weighted by Gasteiger charge is -2.41. The molecule has 0 saturated carbocycles. The van der Waals surface area contributed by atoms with E-state index in [0.717, 1.165) is 24.4 Å². The third kappa shape index (κ3) is 4.36. The van der Waals surface area contributed by atoms with Gasteiger partial charge < -0.3 is 10.2 Å². The van der Waals surface area contributed by atoms with Crippen molar-refractivity contribution in [1.29, 1.82) is 0 Å². The second kappa shape index (κ2) is 7.66. The van der Waals surface area contributed by atoms with Gasteiger partial charge in [-0.2, -0.15) is 5.10 Å². The molecule has 0 aliphatic carbocycles. The average Bonchev–Trinajstić information content (AvgIpc) is 2.85. The molecule has 3 rings (SSSR count). The van der Waals surface area contributed by atoms with Crippen LogP contribution in [-0.2, 0) is 11.3 Å². The Kier molecular flexibility index (Phi) is 5.56. The summed E-state index contributed by atoms with van der Waals surface area (Å²) in [6.45, 7) is 8.84. The van der Waals surface area contributed by atoms with Gasteiger partial charge in [-0.25, -0.2) is 0 Å². The molecule has 2 saturated heterocycles. The van der Waals surface area contributed by atoms with Gasteiger partial charge in [-0.3, -0.25) is 14.4 Å². The molecule has 1 atom stereocenters. The van der Waals surface area contributed by atoms with Gasteiger partial charge in [0.2, 0.25) is 5.91 Å². The summed E-state index contributed by atoms with van der Waals surface area (Å²) in [6.07, 6.45) is 4.77. The third-order valence-corrected chi connectivity index (χ3v) is 5.42. The Hall–Kier alpha value is -1.40. The molecular weight excluding hydrogens is 302 g/mol. The molecule has 24 heavy (non-hydrogen) atoms. The summed E-state index contributed by atoms with van der Waals surface area (Å²) in [6, 6.07) is 2.98. The molecule has 1 N–H and O–H groups in total. The minimum Gasteiger partial charge on any atom is -0.350 e. The van der Waals surface area contributed by atoms with Crippen molar-refractivity contribution in [3.05, 3.63) is 17.5 Å². The van der Waals surface area contributed by atoms with E-state index in [1.54, 1.807) is 4.68 Å². The number of amides is 1. The van der Waals surface area contributed by atoms with E-state index >= 15 is 0 Å². The zero-order chi connectivity index (χ0) is 17.1. The number of piperidine rings is 2. The van der Waals surface area contributed by atoms with Crippen LogP contribution in [0.2, 0.25) is 0 Å². The predicted octanol–water partition coefficient (Wildman–Crippen LogP) is 1.17. The molecule has 1 amide bonds. The smallest absolute Gasteiger partial charge is 0.242 e. The van der Waals surface area contributed by atoms with Crippen LogP contribution in [-0.4, -0.2) is 70.8 Å². The van der Waals surface area contributed by atoms with Crippen LogP contribution in [0.15, 0.2) is 6.07 Å². The Bertz CT molecular complexity index is 562. The fraction of sp³-hybridized carbons (Fsp3) is 0.778. The summed E-state index contributed by atoms with van der Waals surface area (Å²) in [5.74, 6) is 0.0800. The molecule has 2 fully saturated rings. The highest BCUT2D eigenvalue weighted by Crippen LogP contribution is 2.20. The van der Waals surface area contributed by atoms with E-state index in [4.69, 9.17) is 0 Å². The van der Waals surface area contributed by atoms with E-state index < -0.39 is 0 Å². The first-order chi connectivity index (χ1) is 11.5. The lowest BCUT2D eigenvalue weighted by atomic mass is 9.98. The molecule has 2 aliphatic heterocycles. The summed E-state index contributed by atoms with van der Waals surface area (Å²) < 4.78 is 1.79. The van der Waals surface area contributed by atoms with E-state index in [1.807, 2.05) is 19.9 Å². The Balaban J connectivity index is 1.49. The number of likely N-dealkylation sites (tertiary alicyclic amines) is 2. The molecule has 6 nitrogen and oxygen atoms in total. The second-order valence-corrected chi connectivity index (χ2v) is 7.52. The number of carbonyl (C=O) groups is 1. The van der Waals surface area contributed by atoms with Crippen molar-refractivity contribution in [2.75, 3.05) is 33.2 Å². The lowest BCUT2D eigenvalue weighted by Crippen LogP contribution is -2.53. The molecule has 3 heterocycles. The summed E-state index contributed by atoms with van der Waals surface area (Å²) >= 11 is 0. The first-order valence-electron chi connectivity index (χ1n) is 9.24. The van der Waals surface area contributed by atoms with Crippen LogP contribution in [0, 0.1) is 13.8 Å². The fourth-order valence-electron chi connectivity index (χ4n) is 4.06. The Morgan fingerprint density at radius 3 is 2.67 bits per heavy atom. The number of rotatable bonds is 4. The monoisotopic (exact) mass is 333 g/mol. The lowest BCUT2D eigenvalue weighted by molar-refractivity contribution is -0.123. The first kappa shape index (κ1) is 17.4. The van der Waals surface area contributed by atoms with Crippen molar-refractivity contribution in [2.24, 2.45) is 0 Å². The average molecular weight is 333 g/mol. The van der Waals surface area contributed by atoms with Gasteiger partial charge in [0.1, 0.15) is 6.54 Å². The highest BCUT2D eigenvalue weighted by Gasteiger charge is 2.28. The number of nitrogens with zero attached hydrogens (tertiary/aromatic N) is 4. The van der Waals surface area contributed by atoms with Crippen LogP contribution >= 0.6 is 0 Å². The zero-order valence-corrected chi connectivity index (χ0v) is 15.3. The summed E-state index contributed by atoms with van der Waals surface area (Å²) in [5.41, 5.74) is 2.01. The maximum Gasteiger partial charge on any atom is 0.242 e. The molecule has 1 aromatic rings. The maximum absolute atomic E-state index is 12.4. The molecule has 0 radical (unpaired) electrons. The number of aryl methyl sites for hydroxylation is 2. The van der Waals surface area contributed by atoms with Crippen LogP contribution in [0.4, 0.5) is 0 Å². The van der Waals surface area contributed by atoms with Crippen LogP contribution in [0.3, 0.4) is 0 Å². The van der Waals surface area contributed by atoms with Gasteiger partial charge in [0.15, 0.2) is 0 Å². The molecule has 0 bridgehead atoms. The van der Waals surface area contributed by atoms with Gasteiger partial charge in [-0.1, -0.05) is 0 Å². The number of carbonyl (C=O) groups excluding carboxylic acids is 1. The van der Waals surface area contributed by atoms with Crippen LogP contribution in [0.1, 0.15) is 37.1 Å². The Morgan fingerprint density at radius 2 is 2.00 bits per heavy atom. The standard InChI is InChI=1S/C18H31N5O/c1-14-11-15(2)23(20-14)13-18(24)19-16-5-4-8-22(12-16)17-6-9-21(3)10-7-17/h11,16-17H,4-10,12-13H2,1-3H3,(H,19,24). The topological polar surface area (TPSA) is 53.4 Å². The van der Waals surface area contributed by atoms with Crippen molar-refractivity contribution >= 4 is 5.91 Å².